The number of hydrogen-bond acceptors (Lipinski definition) is 7. The maximum Gasteiger partial charge on any atom is 0.303 e. The number of nitrogens with zero attached hydrogens (tertiary/aromatic N) is 3. The van der Waals surface area contributed by atoms with E-state index in [-0.39, 0.29) is 18.3 Å². The molecule has 1 saturated heterocycles. The highest BCUT2D eigenvalue weighted by atomic mass is 35.5. The Labute approximate surface area is 220 Å². The molecule has 1 aliphatic rings. The Morgan fingerprint density at radius 2 is 2.14 bits per heavy atom. The Balaban J connectivity index is 1.38. The molecule has 1 fully saturated rings. The number of aliphatic carboxylic acids is 1. The first kappa shape index (κ1) is 26.7. The number of likely N-dealkylation sites (tertiary alicyclic amines) is 1. The third-order valence-electron chi connectivity index (χ3n) is 6.92. The molecule has 0 spiro atoms. The van der Waals surface area contributed by atoms with E-state index < -0.39 is 12.1 Å². The van der Waals surface area contributed by atoms with E-state index in [9.17, 15) is 15.0 Å². The van der Waals surface area contributed by atoms with E-state index in [1.165, 1.54) is 0 Å². The first-order valence-corrected chi connectivity index (χ1v) is 13.6. The molecule has 1 aromatic carbocycles. The van der Waals surface area contributed by atoms with Crippen molar-refractivity contribution in [2.45, 2.75) is 36.8 Å². The van der Waals surface area contributed by atoms with E-state index in [1.54, 1.807) is 31.3 Å². The van der Waals surface area contributed by atoms with Gasteiger partial charge in [0.25, 0.3) is 0 Å². The number of carboxylic acid groups (broad SMARTS) is 1. The number of methoxy groups -OCH3 is 1. The van der Waals surface area contributed by atoms with E-state index in [0.717, 1.165) is 54.2 Å². The third-order valence-corrected chi connectivity index (χ3v) is 8.14. The molecule has 2 N–H and O–H groups in total. The summed E-state index contributed by atoms with van der Waals surface area (Å²) in [7, 11) is 1.60. The summed E-state index contributed by atoms with van der Waals surface area (Å²) in [5.41, 5.74) is 1.40. The number of carbonyl (C=O) groups is 1. The van der Waals surface area contributed by atoms with Gasteiger partial charge in [0.1, 0.15) is 5.75 Å². The molecule has 0 amide bonds. The molecule has 3 aromatic rings. The van der Waals surface area contributed by atoms with Crippen molar-refractivity contribution in [1.29, 1.82) is 0 Å². The van der Waals surface area contributed by atoms with Gasteiger partial charge in [-0.25, -0.2) is 4.98 Å². The number of fused-ring (bicyclic) bond motifs is 1. The maximum atomic E-state index is 11.6. The normalized spacial score (nSPS) is 19.3. The first-order valence-electron chi connectivity index (χ1n) is 12.2. The average molecular weight is 530 g/mol. The highest BCUT2D eigenvalue weighted by Crippen LogP contribution is 2.37. The molecule has 3 heterocycles. The molecule has 0 aliphatic carbocycles. The standard InChI is InChI=1S/C27H32ClN3O4S/c1-35-20-6-7-23-21(15-20)27(22(28)16-30-23)24(32)8-5-18-9-11-31(17-19(18)14-26(33)34)12-13-36-25-4-2-3-10-29-25/h2-4,6-7,10,15-16,18-19,24,32H,5,8-9,11-14,17H2,1H3,(H,33,34)/t18-,19-,24+/m1/s1. The summed E-state index contributed by atoms with van der Waals surface area (Å²) in [6.45, 7) is 2.58. The highest BCUT2D eigenvalue weighted by molar-refractivity contribution is 7.99. The molecule has 0 saturated carbocycles. The van der Waals surface area contributed by atoms with Gasteiger partial charge in [-0.1, -0.05) is 17.7 Å². The van der Waals surface area contributed by atoms with Crippen LogP contribution in [0.15, 0.2) is 53.8 Å². The van der Waals surface area contributed by atoms with E-state index in [0.29, 0.717) is 22.8 Å². The molecule has 2 aromatic heterocycles. The number of aliphatic hydroxyl groups excluding tert-OH is 1. The number of aliphatic hydroxyl groups is 1. The minimum atomic E-state index is -0.773. The van der Waals surface area contributed by atoms with Crippen LogP contribution >= 0.6 is 23.4 Å². The number of benzene rings is 1. The summed E-state index contributed by atoms with van der Waals surface area (Å²) in [6, 6.07) is 11.4. The minimum Gasteiger partial charge on any atom is -0.497 e. The molecule has 9 heteroatoms. The number of carboxylic acids is 1. The monoisotopic (exact) mass is 529 g/mol. The van der Waals surface area contributed by atoms with Crippen molar-refractivity contribution in [3.8, 4) is 5.75 Å². The first-order chi connectivity index (χ1) is 17.4. The molecule has 0 bridgehead atoms. The van der Waals surface area contributed by atoms with E-state index in [2.05, 4.69) is 14.9 Å². The molecule has 4 rings (SSSR count). The van der Waals surface area contributed by atoms with Crippen molar-refractivity contribution in [3.63, 3.8) is 0 Å². The quantitative estimate of drug-likeness (QED) is 0.323. The molecular formula is C27H32ClN3O4S. The molecule has 1 aliphatic heterocycles. The van der Waals surface area contributed by atoms with Gasteiger partial charge in [0, 0.05) is 48.6 Å². The molecule has 0 unspecified atom stereocenters. The van der Waals surface area contributed by atoms with Crippen LogP contribution in [0.1, 0.15) is 37.4 Å². The van der Waals surface area contributed by atoms with Gasteiger partial charge in [-0.15, -0.1) is 11.8 Å². The molecule has 0 radical (unpaired) electrons. The average Bonchev–Trinajstić information content (AvgIpc) is 2.88. The molecule has 7 nitrogen and oxygen atoms in total. The third kappa shape index (κ3) is 6.88. The predicted octanol–water partition coefficient (Wildman–Crippen LogP) is 5.31. The minimum absolute atomic E-state index is 0.0491. The van der Waals surface area contributed by atoms with Crippen molar-refractivity contribution < 1.29 is 19.7 Å². The fourth-order valence-corrected chi connectivity index (χ4v) is 6.20. The smallest absolute Gasteiger partial charge is 0.303 e. The van der Waals surface area contributed by atoms with Crippen molar-refractivity contribution >= 4 is 40.2 Å². The number of pyridine rings is 2. The predicted molar refractivity (Wildman–Crippen MR) is 143 cm³/mol. The number of piperidine rings is 1. The Kier molecular flexibility index (Phi) is 9.42. The summed E-state index contributed by atoms with van der Waals surface area (Å²) in [5.74, 6) is 1.10. The molecule has 36 heavy (non-hydrogen) atoms. The van der Waals surface area contributed by atoms with Crippen molar-refractivity contribution in [2.24, 2.45) is 11.8 Å². The fourth-order valence-electron chi connectivity index (χ4n) is 5.06. The Morgan fingerprint density at radius 1 is 1.28 bits per heavy atom. The van der Waals surface area contributed by atoms with Gasteiger partial charge < -0.3 is 19.8 Å². The topological polar surface area (TPSA) is 95.8 Å². The number of ether oxygens (including phenoxy) is 1. The lowest BCUT2D eigenvalue weighted by Gasteiger charge is -2.38. The van der Waals surface area contributed by atoms with Gasteiger partial charge in [-0.2, -0.15) is 0 Å². The van der Waals surface area contributed by atoms with Gasteiger partial charge >= 0.3 is 5.97 Å². The second-order valence-electron chi connectivity index (χ2n) is 9.22. The van der Waals surface area contributed by atoms with Crippen LogP contribution in [0.25, 0.3) is 10.9 Å². The lowest BCUT2D eigenvalue weighted by Crippen LogP contribution is -2.42. The van der Waals surface area contributed by atoms with Crippen LogP contribution in [0, 0.1) is 11.8 Å². The second kappa shape index (κ2) is 12.7. The number of hydrogen-bond donors (Lipinski definition) is 2. The molecule has 192 valence electrons. The van der Waals surface area contributed by atoms with E-state index >= 15 is 0 Å². The van der Waals surface area contributed by atoms with Crippen molar-refractivity contribution in [1.82, 2.24) is 14.9 Å². The van der Waals surface area contributed by atoms with Gasteiger partial charge in [0.15, 0.2) is 0 Å². The second-order valence-corrected chi connectivity index (χ2v) is 10.7. The summed E-state index contributed by atoms with van der Waals surface area (Å²) >= 11 is 8.19. The van der Waals surface area contributed by atoms with Gasteiger partial charge in [0.05, 0.1) is 28.8 Å². The van der Waals surface area contributed by atoms with Crippen LogP contribution in [-0.2, 0) is 4.79 Å². The Morgan fingerprint density at radius 3 is 2.89 bits per heavy atom. The summed E-state index contributed by atoms with van der Waals surface area (Å²) in [5, 5.41) is 22.9. The largest absolute Gasteiger partial charge is 0.497 e. The van der Waals surface area contributed by atoms with Crippen LogP contribution in [0.2, 0.25) is 5.02 Å². The number of thioether (sulfide) groups is 1. The van der Waals surface area contributed by atoms with Crippen LogP contribution in [0.3, 0.4) is 0 Å². The molecule has 3 atom stereocenters. The zero-order chi connectivity index (χ0) is 25.5. The maximum absolute atomic E-state index is 11.6. The summed E-state index contributed by atoms with van der Waals surface area (Å²) in [4.78, 5) is 22.7. The number of halogens is 1. The fraction of sp³-hybridized carbons (Fsp3) is 0.444. The zero-order valence-corrected chi connectivity index (χ0v) is 21.9. The molecular weight excluding hydrogens is 498 g/mol. The van der Waals surface area contributed by atoms with Crippen LogP contribution in [0.4, 0.5) is 0 Å². The van der Waals surface area contributed by atoms with Crippen LogP contribution in [-0.4, -0.2) is 63.5 Å². The van der Waals surface area contributed by atoms with Crippen molar-refractivity contribution in [2.75, 3.05) is 32.5 Å². The highest BCUT2D eigenvalue weighted by Gasteiger charge is 2.31. The van der Waals surface area contributed by atoms with Gasteiger partial charge in [0.2, 0.25) is 0 Å². The van der Waals surface area contributed by atoms with Crippen molar-refractivity contribution in [3.05, 3.63) is 59.4 Å². The van der Waals surface area contributed by atoms with Crippen LogP contribution in [0.5, 0.6) is 5.75 Å². The Bertz CT molecular complexity index is 1170. The lowest BCUT2D eigenvalue weighted by atomic mass is 9.79. The van der Waals surface area contributed by atoms with Gasteiger partial charge in [-0.05, 0) is 68.0 Å². The Hall–Kier alpha value is -2.39. The van der Waals surface area contributed by atoms with E-state index in [4.69, 9.17) is 16.3 Å². The SMILES string of the molecule is COc1ccc2ncc(Cl)c([C@@H](O)CC[C@@H]3CCN(CCSc4ccccn4)C[C@H]3CC(=O)O)c2c1. The van der Waals surface area contributed by atoms with Crippen LogP contribution < -0.4 is 4.74 Å². The van der Waals surface area contributed by atoms with Gasteiger partial charge in [-0.3, -0.25) is 9.78 Å². The lowest BCUT2D eigenvalue weighted by molar-refractivity contribution is -0.139. The number of aromatic nitrogens is 2. The summed E-state index contributed by atoms with van der Waals surface area (Å²) in [6.07, 6.45) is 4.89. The number of rotatable bonds is 11. The summed E-state index contributed by atoms with van der Waals surface area (Å²) < 4.78 is 5.35. The van der Waals surface area contributed by atoms with E-state index in [1.807, 2.05) is 36.4 Å². The zero-order valence-electron chi connectivity index (χ0n) is 20.3.